The predicted molar refractivity (Wildman–Crippen MR) is 60.7 cm³/mol. The van der Waals surface area contributed by atoms with Crippen molar-refractivity contribution in [3.63, 3.8) is 0 Å². The molecule has 0 aliphatic heterocycles. The Hall–Kier alpha value is -1.81. The van der Waals surface area contributed by atoms with Crippen molar-refractivity contribution in [2.75, 3.05) is 12.0 Å². The van der Waals surface area contributed by atoms with Crippen molar-refractivity contribution in [1.29, 1.82) is 0 Å². The fourth-order valence-corrected chi connectivity index (χ4v) is 1.55. The zero-order chi connectivity index (χ0) is 10.7. The fourth-order valence-electron chi connectivity index (χ4n) is 1.55. The van der Waals surface area contributed by atoms with Gasteiger partial charge in [0.15, 0.2) is 0 Å². The summed E-state index contributed by atoms with van der Waals surface area (Å²) in [6.07, 6.45) is 1.68. The normalized spacial score (nSPS) is 10.3. The van der Waals surface area contributed by atoms with Gasteiger partial charge in [0, 0.05) is 10.8 Å². The fraction of sp³-hybridized carbons (Fsp3) is 0.182. The second-order valence-corrected chi connectivity index (χ2v) is 3.09. The van der Waals surface area contributed by atoms with Gasteiger partial charge in [-0.1, -0.05) is 24.3 Å². The molecule has 1 aromatic heterocycles. The molecule has 4 nitrogen and oxygen atoms in total. The average Bonchev–Trinajstić information content (AvgIpc) is 2.30. The Bertz CT molecular complexity index is 470. The largest absolute Gasteiger partial charge is 0.492 e. The van der Waals surface area contributed by atoms with E-state index in [1.54, 1.807) is 6.20 Å². The van der Waals surface area contributed by atoms with Crippen LogP contribution in [0.15, 0.2) is 30.5 Å². The number of hydrogen-bond donors (Lipinski definition) is 2. The van der Waals surface area contributed by atoms with E-state index in [1.807, 2.05) is 31.2 Å². The van der Waals surface area contributed by atoms with Gasteiger partial charge >= 0.3 is 0 Å². The Morgan fingerprint density at radius 1 is 1.33 bits per heavy atom. The number of nitrogens with one attached hydrogen (secondary N) is 1. The quantitative estimate of drug-likeness (QED) is 0.591. The molecule has 0 unspecified atom stereocenters. The van der Waals surface area contributed by atoms with E-state index in [4.69, 9.17) is 10.6 Å². The molecule has 0 aliphatic rings. The summed E-state index contributed by atoms with van der Waals surface area (Å²) in [5.41, 5.74) is 2.57. The maximum atomic E-state index is 5.49. The summed E-state index contributed by atoms with van der Waals surface area (Å²) in [6.45, 7) is 2.57. The lowest BCUT2D eigenvalue weighted by atomic mass is 10.1. The van der Waals surface area contributed by atoms with E-state index in [0.717, 1.165) is 16.5 Å². The standard InChI is InChI=1S/C11H13N3O/c1-2-15-10-7-13-11(14-12)9-6-4-3-5-8(9)10/h3-7H,2,12H2,1H3,(H,13,14). The minimum absolute atomic E-state index is 0.626. The van der Waals surface area contributed by atoms with Crippen molar-refractivity contribution in [2.24, 2.45) is 5.84 Å². The van der Waals surface area contributed by atoms with Crippen molar-refractivity contribution in [1.82, 2.24) is 4.98 Å². The van der Waals surface area contributed by atoms with E-state index >= 15 is 0 Å². The van der Waals surface area contributed by atoms with E-state index in [2.05, 4.69) is 10.4 Å². The number of benzene rings is 1. The van der Waals surface area contributed by atoms with Gasteiger partial charge in [0.1, 0.15) is 11.6 Å². The summed E-state index contributed by atoms with van der Waals surface area (Å²) >= 11 is 0. The van der Waals surface area contributed by atoms with Crippen LogP contribution in [0.3, 0.4) is 0 Å². The lowest BCUT2D eigenvalue weighted by Crippen LogP contribution is -2.09. The van der Waals surface area contributed by atoms with Crippen LogP contribution in [0, 0.1) is 0 Å². The topological polar surface area (TPSA) is 60.2 Å². The Kier molecular flexibility index (Phi) is 2.69. The van der Waals surface area contributed by atoms with Crippen LogP contribution < -0.4 is 16.0 Å². The van der Waals surface area contributed by atoms with Crippen molar-refractivity contribution < 1.29 is 4.74 Å². The number of hydrazine groups is 1. The minimum Gasteiger partial charge on any atom is -0.492 e. The molecule has 0 radical (unpaired) electrons. The van der Waals surface area contributed by atoms with Crippen LogP contribution in [-0.2, 0) is 0 Å². The van der Waals surface area contributed by atoms with E-state index in [0.29, 0.717) is 12.4 Å². The molecule has 0 spiro atoms. The van der Waals surface area contributed by atoms with E-state index < -0.39 is 0 Å². The van der Waals surface area contributed by atoms with Gasteiger partial charge in [-0.05, 0) is 6.92 Å². The molecule has 0 saturated heterocycles. The number of rotatable bonds is 3. The first-order chi connectivity index (χ1) is 7.36. The summed E-state index contributed by atoms with van der Waals surface area (Å²) in [5.74, 6) is 6.83. The molecule has 78 valence electrons. The number of nitrogen functional groups attached to an aromatic ring is 1. The van der Waals surface area contributed by atoms with Crippen molar-refractivity contribution >= 4 is 16.6 Å². The first-order valence-corrected chi connectivity index (χ1v) is 4.84. The Labute approximate surface area is 88.0 Å². The number of hydrogen-bond acceptors (Lipinski definition) is 4. The van der Waals surface area contributed by atoms with Crippen LogP contribution in [0.25, 0.3) is 10.8 Å². The molecule has 0 aliphatic carbocycles. The first-order valence-electron chi connectivity index (χ1n) is 4.84. The molecular weight excluding hydrogens is 190 g/mol. The van der Waals surface area contributed by atoms with Gasteiger partial charge < -0.3 is 10.2 Å². The highest BCUT2D eigenvalue weighted by molar-refractivity contribution is 5.95. The number of aromatic nitrogens is 1. The van der Waals surface area contributed by atoms with Gasteiger partial charge in [-0.15, -0.1) is 0 Å². The molecule has 0 saturated carbocycles. The lowest BCUT2D eigenvalue weighted by Gasteiger charge is -2.09. The van der Waals surface area contributed by atoms with Gasteiger partial charge in [0.25, 0.3) is 0 Å². The molecule has 3 N–H and O–H groups in total. The average molecular weight is 203 g/mol. The van der Waals surface area contributed by atoms with E-state index in [-0.39, 0.29) is 0 Å². The third kappa shape index (κ3) is 1.71. The van der Waals surface area contributed by atoms with Crippen LogP contribution in [0.5, 0.6) is 5.75 Å². The van der Waals surface area contributed by atoms with Crippen LogP contribution in [0.1, 0.15) is 6.92 Å². The highest BCUT2D eigenvalue weighted by Crippen LogP contribution is 2.28. The van der Waals surface area contributed by atoms with Gasteiger partial charge in [-0.2, -0.15) is 0 Å². The third-order valence-electron chi connectivity index (χ3n) is 2.20. The zero-order valence-corrected chi connectivity index (χ0v) is 8.53. The zero-order valence-electron chi connectivity index (χ0n) is 8.53. The molecule has 0 amide bonds. The number of pyridine rings is 1. The van der Waals surface area contributed by atoms with Crippen LogP contribution in [0.4, 0.5) is 5.82 Å². The van der Waals surface area contributed by atoms with Crippen LogP contribution in [0.2, 0.25) is 0 Å². The van der Waals surface area contributed by atoms with Crippen LogP contribution >= 0.6 is 0 Å². The summed E-state index contributed by atoms with van der Waals surface area (Å²) < 4.78 is 5.49. The van der Waals surface area contributed by atoms with E-state index in [1.165, 1.54) is 0 Å². The molecule has 1 heterocycles. The van der Waals surface area contributed by atoms with Crippen LogP contribution in [-0.4, -0.2) is 11.6 Å². The molecule has 1 aromatic carbocycles. The summed E-state index contributed by atoms with van der Waals surface area (Å²) in [4.78, 5) is 4.18. The SMILES string of the molecule is CCOc1cnc(NN)c2ccccc12. The number of anilines is 1. The summed E-state index contributed by atoms with van der Waals surface area (Å²) in [7, 11) is 0. The molecule has 2 aromatic rings. The van der Waals surface area contributed by atoms with Crippen molar-refractivity contribution in [3.05, 3.63) is 30.5 Å². The highest BCUT2D eigenvalue weighted by Gasteiger charge is 2.05. The maximum Gasteiger partial charge on any atom is 0.148 e. The molecule has 2 rings (SSSR count). The third-order valence-corrected chi connectivity index (χ3v) is 2.20. The number of nitrogens with two attached hydrogens (primary N) is 1. The smallest absolute Gasteiger partial charge is 0.148 e. The Balaban J connectivity index is 2.66. The highest BCUT2D eigenvalue weighted by atomic mass is 16.5. The second kappa shape index (κ2) is 4.14. The van der Waals surface area contributed by atoms with Gasteiger partial charge in [-0.3, -0.25) is 0 Å². The molecule has 0 fully saturated rings. The lowest BCUT2D eigenvalue weighted by molar-refractivity contribution is 0.343. The van der Waals surface area contributed by atoms with Gasteiger partial charge in [0.05, 0.1) is 12.8 Å². The molecule has 0 atom stereocenters. The summed E-state index contributed by atoms with van der Waals surface area (Å²) in [5, 5.41) is 1.98. The van der Waals surface area contributed by atoms with Gasteiger partial charge in [-0.25, -0.2) is 10.8 Å². The maximum absolute atomic E-state index is 5.49. The summed E-state index contributed by atoms with van der Waals surface area (Å²) in [6, 6.07) is 7.86. The Morgan fingerprint density at radius 3 is 2.73 bits per heavy atom. The second-order valence-electron chi connectivity index (χ2n) is 3.09. The monoisotopic (exact) mass is 203 g/mol. The molecular formula is C11H13N3O. The molecule has 0 bridgehead atoms. The van der Waals surface area contributed by atoms with E-state index in [9.17, 15) is 0 Å². The number of nitrogens with zero attached hydrogens (tertiary/aromatic N) is 1. The van der Waals surface area contributed by atoms with Crippen molar-refractivity contribution in [3.8, 4) is 5.75 Å². The predicted octanol–water partition coefficient (Wildman–Crippen LogP) is 1.92. The van der Waals surface area contributed by atoms with Gasteiger partial charge in [0.2, 0.25) is 0 Å². The number of ether oxygens (including phenoxy) is 1. The molecule has 15 heavy (non-hydrogen) atoms. The Morgan fingerprint density at radius 2 is 2.07 bits per heavy atom. The number of fused-ring (bicyclic) bond motifs is 1. The minimum atomic E-state index is 0.626. The van der Waals surface area contributed by atoms with Crippen molar-refractivity contribution in [2.45, 2.75) is 6.92 Å². The molecule has 4 heteroatoms. The first kappa shape index (κ1) is 9.73.